The number of anilines is 1. The Morgan fingerprint density at radius 1 is 1.22 bits per heavy atom. The highest BCUT2D eigenvalue weighted by Crippen LogP contribution is 2.48. The molecule has 0 atom stereocenters. The van der Waals surface area contributed by atoms with E-state index in [1.807, 2.05) is 0 Å². The monoisotopic (exact) mass is 388 g/mol. The summed E-state index contributed by atoms with van der Waals surface area (Å²) in [6.45, 7) is -0.633. The minimum Gasteiger partial charge on any atom is -0.468 e. The lowest BCUT2D eigenvalue weighted by molar-refractivity contribution is -0.154. The Labute approximate surface area is 155 Å². The normalized spacial score (nSPS) is 28.8. The predicted octanol–water partition coefficient (Wildman–Crippen LogP) is 2.70. The molecule has 0 bridgehead atoms. The van der Waals surface area contributed by atoms with Crippen LogP contribution < -0.4 is 9.64 Å². The van der Waals surface area contributed by atoms with Gasteiger partial charge in [-0.1, -0.05) is 0 Å². The Hall–Kier alpha value is -1.87. The second-order valence-electron chi connectivity index (χ2n) is 7.40. The maximum atomic E-state index is 13.0. The number of methoxy groups -OCH3 is 1. The van der Waals surface area contributed by atoms with Crippen molar-refractivity contribution < 1.29 is 32.5 Å². The first-order valence-corrected chi connectivity index (χ1v) is 8.85. The Morgan fingerprint density at radius 2 is 1.93 bits per heavy atom. The van der Waals surface area contributed by atoms with Crippen LogP contribution in [0.4, 0.5) is 18.9 Å². The number of rotatable bonds is 5. The van der Waals surface area contributed by atoms with E-state index in [2.05, 4.69) is 9.72 Å². The SMILES string of the molecule is COC[C@]1(O)CC[C@]2(CCN(c3ccc(OCC(F)(F)F)nc3)C2=O)CC1. The summed E-state index contributed by atoms with van der Waals surface area (Å²) < 4.78 is 46.2. The van der Waals surface area contributed by atoms with Gasteiger partial charge in [0.05, 0.1) is 29.5 Å². The van der Waals surface area contributed by atoms with Crippen molar-refractivity contribution in [3.05, 3.63) is 18.3 Å². The fourth-order valence-corrected chi connectivity index (χ4v) is 3.91. The fourth-order valence-electron chi connectivity index (χ4n) is 3.91. The lowest BCUT2D eigenvalue weighted by atomic mass is 9.68. The molecule has 2 fully saturated rings. The average molecular weight is 388 g/mol. The third-order valence-electron chi connectivity index (χ3n) is 5.48. The van der Waals surface area contributed by atoms with Gasteiger partial charge in [0.25, 0.3) is 0 Å². The number of aliphatic hydroxyl groups is 1. The topological polar surface area (TPSA) is 71.9 Å². The number of halogens is 3. The molecule has 0 aromatic carbocycles. The maximum Gasteiger partial charge on any atom is 0.422 e. The van der Waals surface area contributed by atoms with Gasteiger partial charge < -0.3 is 19.5 Å². The third kappa shape index (κ3) is 4.35. The summed E-state index contributed by atoms with van der Waals surface area (Å²) in [5.74, 6) is -0.160. The van der Waals surface area contributed by atoms with E-state index in [9.17, 15) is 23.1 Å². The van der Waals surface area contributed by atoms with Gasteiger partial charge in [-0.3, -0.25) is 4.79 Å². The van der Waals surface area contributed by atoms with Crippen LogP contribution in [0.5, 0.6) is 5.88 Å². The number of carbonyl (C=O) groups excluding carboxylic acids is 1. The van der Waals surface area contributed by atoms with E-state index in [1.54, 1.807) is 18.1 Å². The zero-order chi connectivity index (χ0) is 19.7. The number of alkyl halides is 3. The molecule has 0 radical (unpaired) electrons. The molecular formula is C18H23F3N2O4. The van der Waals surface area contributed by atoms with E-state index in [1.165, 1.54) is 12.3 Å². The second kappa shape index (κ2) is 7.27. The molecule has 1 amide bonds. The van der Waals surface area contributed by atoms with Crippen molar-refractivity contribution in [3.8, 4) is 5.88 Å². The third-order valence-corrected chi connectivity index (χ3v) is 5.48. The molecule has 1 saturated heterocycles. The van der Waals surface area contributed by atoms with Crippen molar-refractivity contribution >= 4 is 11.6 Å². The number of pyridine rings is 1. The molecule has 150 valence electrons. The number of hydrogen-bond donors (Lipinski definition) is 1. The minimum atomic E-state index is -4.43. The predicted molar refractivity (Wildman–Crippen MR) is 90.5 cm³/mol. The number of hydrogen-bond acceptors (Lipinski definition) is 5. The van der Waals surface area contributed by atoms with Gasteiger partial charge in [-0.05, 0) is 38.2 Å². The van der Waals surface area contributed by atoms with Crippen LogP contribution in [0.1, 0.15) is 32.1 Å². The maximum absolute atomic E-state index is 13.0. The quantitative estimate of drug-likeness (QED) is 0.840. The molecule has 1 aliphatic carbocycles. The number of aromatic nitrogens is 1. The standard InChI is InChI=1S/C18H23F3N2O4/c1-26-11-17(25)6-4-16(5-7-17)8-9-23(15(16)24)13-2-3-14(22-10-13)27-12-18(19,20)21/h2-3,10,25H,4-9,11-12H2,1H3/t16-,17+. The van der Waals surface area contributed by atoms with Gasteiger partial charge in [0.2, 0.25) is 11.8 Å². The van der Waals surface area contributed by atoms with E-state index in [4.69, 9.17) is 4.74 Å². The zero-order valence-electron chi connectivity index (χ0n) is 15.1. The van der Waals surface area contributed by atoms with Crippen LogP contribution in [0.15, 0.2) is 18.3 Å². The molecular weight excluding hydrogens is 365 g/mol. The summed E-state index contributed by atoms with van der Waals surface area (Å²) in [6.07, 6.45) is -0.214. The first-order chi connectivity index (χ1) is 12.7. The molecule has 6 nitrogen and oxygen atoms in total. The number of amides is 1. The summed E-state index contributed by atoms with van der Waals surface area (Å²) in [5.41, 5.74) is -0.841. The van der Waals surface area contributed by atoms with Crippen LogP contribution in [-0.4, -0.2) is 54.6 Å². The molecule has 2 aliphatic rings. The van der Waals surface area contributed by atoms with Crippen molar-refractivity contribution in [1.29, 1.82) is 0 Å². The Morgan fingerprint density at radius 3 is 2.48 bits per heavy atom. The first kappa shape index (κ1) is 19.9. The lowest BCUT2D eigenvalue weighted by Gasteiger charge is -2.40. The fraction of sp³-hybridized carbons (Fsp3) is 0.667. The van der Waals surface area contributed by atoms with E-state index in [-0.39, 0.29) is 18.4 Å². The van der Waals surface area contributed by atoms with Crippen molar-refractivity contribution in [1.82, 2.24) is 4.98 Å². The molecule has 1 N–H and O–H groups in total. The van der Waals surface area contributed by atoms with E-state index < -0.39 is 23.8 Å². The molecule has 1 aromatic rings. The zero-order valence-corrected chi connectivity index (χ0v) is 15.1. The average Bonchev–Trinajstić information content (AvgIpc) is 2.93. The molecule has 27 heavy (non-hydrogen) atoms. The van der Waals surface area contributed by atoms with Crippen molar-refractivity contribution in [2.24, 2.45) is 5.41 Å². The van der Waals surface area contributed by atoms with Gasteiger partial charge in [-0.2, -0.15) is 13.2 Å². The summed E-state index contributed by atoms with van der Waals surface area (Å²) >= 11 is 0. The molecule has 1 spiro atoms. The first-order valence-electron chi connectivity index (χ1n) is 8.85. The largest absolute Gasteiger partial charge is 0.468 e. The van der Waals surface area contributed by atoms with Gasteiger partial charge >= 0.3 is 6.18 Å². The van der Waals surface area contributed by atoms with Crippen LogP contribution in [0, 0.1) is 5.41 Å². The highest BCUT2D eigenvalue weighted by Gasteiger charge is 2.51. The van der Waals surface area contributed by atoms with Crippen molar-refractivity contribution in [3.63, 3.8) is 0 Å². The van der Waals surface area contributed by atoms with Crippen LogP contribution in [0.3, 0.4) is 0 Å². The van der Waals surface area contributed by atoms with Crippen LogP contribution in [0.25, 0.3) is 0 Å². The number of carbonyl (C=O) groups is 1. The van der Waals surface area contributed by atoms with Crippen molar-refractivity contribution in [2.45, 2.75) is 43.9 Å². The lowest BCUT2D eigenvalue weighted by Crippen LogP contribution is -2.45. The van der Waals surface area contributed by atoms with Crippen LogP contribution in [-0.2, 0) is 9.53 Å². The number of ether oxygens (including phenoxy) is 2. The van der Waals surface area contributed by atoms with Gasteiger partial charge in [-0.15, -0.1) is 0 Å². The van der Waals surface area contributed by atoms with Gasteiger partial charge in [-0.25, -0.2) is 4.98 Å². The van der Waals surface area contributed by atoms with Gasteiger partial charge in [0.1, 0.15) is 0 Å². The van der Waals surface area contributed by atoms with Crippen LogP contribution in [0.2, 0.25) is 0 Å². The molecule has 2 heterocycles. The molecule has 9 heteroatoms. The second-order valence-corrected chi connectivity index (χ2v) is 7.40. The minimum absolute atomic E-state index is 0.0206. The summed E-state index contributed by atoms with van der Waals surface area (Å²) in [5, 5.41) is 10.5. The highest BCUT2D eigenvalue weighted by atomic mass is 19.4. The van der Waals surface area contributed by atoms with Gasteiger partial charge in [0.15, 0.2) is 6.61 Å². The Bertz CT molecular complexity index is 670. The number of nitrogens with zero attached hydrogens (tertiary/aromatic N) is 2. The van der Waals surface area contributed by atoms with E-state index in [0.29, 0.717) is 44.3 Å². The summed E-state index contributed by atoms with van der Waals surface area (Å²) in [4.78, 5) is 18.5. The van der Waals surface area contributed by atoms with Crippen LogP contribution >= 0.6 is 0 Å². The van der Waals surface area contributed by atoms with Gasteiger partial charge in [0, 0.05) is 19.7 Å². The highest BCUT2D eigenvalue weighted by molar-refractivity contribution is 5.99. The Balaban J connectivity index is 1.64. The smallest absolute Gasteiger partial charge is 0.422 e. The van der Waals surface area contributed by atoms with E-state index in [0.717, 1.165) is 0 Å². The molecule has 1 aliphatic heterocycles. The molecule has 3 rings (SSSR count). The Kier molecular flexibility index (Phi) is 5.36. The molecule has 1 saturated carbocycles. The molecule has 1 aromatic heterocycles. The van der Waals surface area contributed by atoms with E-state index >= 15 is 0 Å². The summed E-state index contributed by atoms with van der Waals surface area (Å²) in [7, 11) is 1.54. The molecule has 0 unspecified atom stereocenters. The summed E-state index contributed by atoms with van der Waals surface area (Å²) in [6, 6.07) is 2.87. The van der Waals surface area contributed by atoms with Crippen molar-refractivity contribution in [2.75, 3.05) is 31.8 Å².